The molecule has 0 aliphatic carbocycles. The topological polar surface area (TPSA) is 84.1 Å². The average Bonchev–Trinajstić information content (AvgIpc) is 3.33. The van der Waals surface area contributed by atoms with E-state index in [9.17, 15) is 14.0 Å². The van der Waals surface area contributed by atoms with E-state index in [0.29, 0.717) is 23.5 Å². The molecule has 0 fully saturated rings. The molecule has 1 amide bonds. The Labute approximate surface area is 184 Å². The van der Waals surface area contributed by atoms with E-state index in [2.05, 4.69) is 20.0 Å². The van der Waals surface area contributed by atoms with Gasteiger partial charge in [0.2, 0.25) is 0 Å². The lowest BCUT2D eigenvalue weighted by Gasteiger charge is -2.07. The van der Waals surface area contributed by atoms with E-state index in [1.54, 1.807) is 42.6 Å². The van der Waals surface area contributed by atoms with E-state index in [1.807, 2.05) is 24.3 Å². The van der Waals surface area contributed by atoms with Gasteiger partial charge >= 0.3 is 5.97 Å². The maximum Gasteiger partial charge on any atom is 0.337 e. The summed E-state index contributed by atoms with van der Waals surface area (Å²) in [6.45, 7) is 0.358. The Kier molecular flexibility index (Phi) is 6.07. The van der Waals surface area contributed by atoms with Crippen molar-refractivity contribution in [1.82, 2.24) is 15.3 Å². The first-order chi connectivity index (χ1) is 15.5. The number of carbonyl (C=O) groups excluding carboxylic acids is 2. The standard InChI is InChI=1S/C25H20FN3O3/c1-32-25(31)20-8-6-19(7-9-20)24(30)28-14-16-2-4-18(5-3-16)23-27-15-22(29-23)17-10-12-21(26)13-11-17/h2-13,15H,14H2,1H3,(H,27,29)(H,28,30). The summed E-state index contributed by atoms with van der Waals surface area (Å²) in [5, 5.41) is 2.86. The second-order valence-electron chi connectivity index (χ2n) is 7.10. The number of imidazole rings is 1. The van der Waals surface area contributed by atoms with Crippen LogP contribution < -0.4 is 5.32 Å². The van der Waals surface area contributed by atoms with Gasteiger partial charge in [0.15, 0.2) is 0 Å². The number of H-pyrrole nitrogens is 1. The Morgan fingerprint density at radius 2 is 1.53 bits per heavy atom. The zero-order valence-electron chi connectivity index (χ0n) is 17.3. The second kappa shape index (κ2) is 9.26. The summed E-state index contributed by atoms with van der Waals surface area (Å²) in [6, 6.07) is 20.1. The van der Waals surface area contributed by atoms with Crippen molar-refractivity contribution < 1.29 is 18.7 Å². The lowest BCUT2D eigenvalue weighted by molar-refractivity contribution is 0.0600. The minimum atomic E-state index is -0.446. The molecular weight excluding hydrogens is 409 g/mol. The number of carbonyl (C=O) groups is 2. The lowest BCUT2D eigenvalue weighted by atomic mass is 10.1. The molecule has 0 radical (unpaired) electrons. The van der Waals surface area contributed by atoms with Crippen molar-refractivity contribution in [2.24, 2.45) is 0 Å². The van der Waals surface area contributed by atoms with Crippen molar-refractivity contribution in [3.63, 3.8) is 0 Å². The van der Waals surface area contributed by atoms with E-state index in [0.717, 1.165) is 22.4 Å². The van der Waals surface area contributed by atoms with E-state index in [4.69, 9.17) is 0 Å². The van der Waals surface area contributed by atoms with Crippen LogP contribution in [0.15, 0.2) is 79.0 Å². The van der Waals surface area contributed by atoms with Gasteiger partial charge in [-0.25, -0.2) is 14.2 Å². The number of rotatable bonds is 6. The summed E-state index contributed by atoms with van der Waals surface area (Å²) in [4.78, 5) is 31.5. The minimum absolute atomic E-state index is 0.236. The smallest absolute Gasteiger partial charge is 0.337 e. The number of halogens is 1. The van der Waals surface area contributed by atoms with Crippen molar-refractivity contribution in [1.29, 1.82) is 0 Å². The Bertz CT molecular complexity index is 1230. The number of aromatic nitrogens is 2. The van der Waals surface area contributed by atoms with E-state index in [1.165, 1.54) is 19.2 Å². The van der Waals surface area contributed by atoms with Crippen LogP contribution in [0.2, 0.25) is 0 Å². The van der Waals surface area contributed by atoms with Crippen molar-refractivity contribution in [2.45, 2.75) is 6.54 Å². The van der Waals surface area contributed by atoms with Crippen molar-refractivity contribution in [3.05, 3.63) is 102 Å². The number of benzene rings is 3. The maximum absolute atomic E-state index is 13.1. The van der Waals surface area contributed by atoms with E-state index in [-0.39, 0.29) is 11.7 Å². The van der Waals surface area contributed by atoms with Crippen molar-refractivity contribution in [3.8, 4) is 22.6 Å². The molecule has 3 aromatic carbocycles. The average molecular weight is 429 g/mol. The first kappa shape index (κ1) is 21.0. The number of nitrogens with one attached hydrogen (secondary N) is 2. The summed E-state index contributed by atoms with van der Waals surface area (Å²) < 4.78 is 17.8. The highest BCUT2D eigenvalue weighted by Gasteiger charge is 2.10. The molecule has 0 saturated carbocycles. The molecule has 0 bridgehead atoms. The molecule has 160 valence electrons. The SMILES string of the molecule is COC(=O)c1ccc(C(=O)NCc2ccc(-c3ncc(-c4ccc(F)cc4)[nH]3)cc2)cc1. The van der Waals surface area contributed by atoms with Crippen LogP contribution in [-0.4, -0.2) is 29.0 Å². The molecule has 0 aliphatic rings. The summed E-state index contributed by atoms with van der Waals surface area (Å²) in [6.07, 6.45) is 1.71. The fourth-order valence-electron chi connectivity index (χ4n) is 3.18. The lowest BCUT2D eigenvalue weighted by Crippen LogP contribution is -2.22. The molecular formula is C25H20FN3O3. The van der Waals surface area contributed by atoms with Gasteiger partial charge in [0.05, 0.1) is 24.6 Å². The molecule has 0 spiro atoms. The van der Waals surface area contributed by atoms with Crippen LogP contribution in [0.25, 0.3) is 22.6 Å². The Balaban J connectivity index is 1.37. The highest BCUT2D eigenvalue weighted by atomic mass is 19.1. The third kappa shape index (κ3) is 4.73. The molecule has 6 nitrogen and oxygen atoms in total. The maximum atomic E-state index is 13.1. The zero-order chi connectivity index (χ0) is 22.5. The molecule has 1 aromatic heterocycles. The van der Waals surface area contributed by atoms with Crippen LogP contribution in [0, 0.1) is 5.82 Å². The Hall–Kier alpha value is -4.26. The van der Waals surface area contributed by atoms with Gasteiger partial charge in [-0.15, -0.1) is 0 Å². The van der Waals surface area contributed by atoms with Crippen molar-refractivity contribution in [2.75, 3.05) is 7.11 Å². The van der Waals surface area contributed by atoms with Gasteiger partial charge in [-0.2, -0.15) is 0 Å². The first-order valence-corrected chi connectivity index (χ1v) is 9.90. The van der Waals surface area contributed by atoms with Gasteiger partial charge in [-0.1, -0.05) is 24.3 Å². The quantitative estimate of drug-likeness (QED) is 0.439. The number of amides is 1. The highest BCUT2D eigenvalue weighted by Crippen LogP contribution is 2.22. The van der Waals surface area contributed by atoms with Crippen LogP contribution in [0.1, 0.15) is 26.3 Å². The van der Waals surface area contributed by atoms with Crippen LogP contribution >= 0.6 is 0 Å². The zero-order valence-corrected chi connectivity index (χ0v) is 17.3. The number of methoxy groups -OCH3 is 1. The van der Waals surface area contributed by atoms with Gasteiger partial charge < -0.3 is 15.0 Å². The summed E-state index contributed by atoms with van der Waals surface area (Å²) in [5.74, 6) is -0.265. The minimum Gasteiger partial charge on any atom is -0.465 e. The van der Waals surface area contributed by atoms with Crippen LogP contribution in [0.5, 0.6) is 0 Å². The van der Waals surface area contributed by atoms with Gasteiger partial charge in [-0.3, -0.25) is 4.79 Å². The molecule has 32 heavy (non-hydrogen) atoms. The number of ether oxygens (including phenoxy) is 1. The predicted molar refractivity (Wildman–Crippen MR) is 118 cm³/mol. The third-order valence-electron chi connectivity index (χ3n) is 4.98. The molecule has 1 heterocycles. The first-order valence-electron chi connectivity index (χ1n) is 9.90. The number of aromatic amines is 1. The molecule has 7 heteroatoms. The fourth-order valence-corrected chi connectivity index (χ4v) is 3.18. The van der Waals surface area contributed by atoms with Crippen LogP contribution in [0.3, 0.4) is 0 Å². The largest absolute Gasteiger partial charge is 0.465 e. The predicted octanol–water partition coefficient (Wildman–Crippen LogP) is 4.60. The summed E-state index contributed by atoms with van der Waals surface area (Å²) >= 11 is 0. The Morgan fingerprint density at radius 1 is 0.906 bits per heavy atom. The van der Waals surface area contributed by atoms with Crippen molar-refractivity contribution >= 4 is 11.9 Å². The molecule has 0 saturated heterocycles. The number of esters is 1. The van der Waals surface area contributed by atoms with Crippen LogP contribution in [-0.2, 0) is 11.3 Å². The molecule has 4 aromatic rings. The molecule has 2 N–H and O–H groups in total. The van der Waals surface area contributed by atoms with Crippen LogP contribution in [0.4, 0.5) is 4.39 Å². The Morgan fingerprint density at radius 3 is 2.19 bits per heavy atom. The molecule has 0 aliphatic heterocycles. The summed E-state index contributed by atoms with van der Waals surface area (Å²) in [7, 11) is 1.31. The van der Waals surface area contributed by atoms with Gasteiger partial charge in [-0.05, 0) is 59.7 Å². The highest BCUT2D eigenvalue weighted by molar-refractivity contribution is 5.96. The van der Waals surface area contributed by atoms with Gasteiger partial charge in [0.1, 0.15) is 11.6 Å². The fraction of sp³-hybridized carbons (Fsp3) is 0.0800. The number of nitrogens with zero attached hydrogens (tertiary/aromatic N) is 1. The normalized spacial score (nSPS) is 10.6. The van der Waals surface area contributed by atoms with Gasteiger partial charge in [0.25, 0.3) is 5.91 Å². The van der Waals surface area contributed by atoms with E-state index < -0.39 is 5.97 Å². The summed E-state index contributed by atoms with van der Waals surface area (Å²) in [5.41, 5.74) is 4.32. The van der Waals surface area contributed by atoms with E-state index >= 15 is 0 Å². The van der Waals surface area contributed by atoms with Gasteiger partial charge in [0, 0.05) is 17.7 Å². The molecule has 4 rings (SSSR count). The molecule has 0 atom stereocenters. The third-order valence-corrected chi connectivity index (χ3v) is 4.98. The monoisotopic (exact) mass is 429 g/mol. The molecule has 0 unspecified atom stereocenters. The number of hydrogen-bond acceptors (Lipinski definition) is 4. The number of hydrogen-bond donors (Lipinski definition) is 2. The second-order valence-corrected chi connectivity index (χ2v) is 7.10.